The highest BCUT2D eigenvalue weighted by Crippen LogP contribution is 2.33. The highest BCUT2D eigenvalue weighted by molar-refractivity contribution is 7.92. The molecule has 0 aromatic heterocycles. The van der Waals surface area contributed by atoms with Gasteiger partial charge in [0.1, 0.15) is 24.2 Å². The largest absolute Gasteiger partial charge is 0.495 e. The van der Waals surface area contributed by atoms with Crippen LogP contribution in [-0.4, -0.2) is 57.6 Å². The van der Waals surface area contributed by atoms with Crippen molar-refractivity contribution in [3.63, 3.8) is 0 Å². The van der Waals surface area contributed by atoms with Crippen LogP contribution in [0.2, 0.25) is 5.02 Å². The standard InChI is InChI=1S/C29H33ClFN3O5S/c1-4-16-32-29(36)26(17-21-8-6-5-7-9-21)33(19-22-10-13-24(31)14-11-22)28(35)20-34(40(3,37)38)25-18-23(30)12-15-27(25)39-2/h5-15,18,26H,4,16-17,19-20H2,1-3H3,(H,32,36)/t26-/m0/s1. The minimum atomic E-state index is -4.00. The number of halogens is 2. The molecule has 0 saturated heterocycles. The molecule has 0 fully saturated rings. The predicted octanol–water partition coefficient (Wildman–Crippen LogP) is 4.42. The quantitative estimate of drug-likeness (QED) is 0.318. The summed E-state index contributed by atoms with van der Waals surface area (Å²) in [5, 5.41) is 3.11. The van der Waals surface area contributed by atoms with Gasteiger partial charge in [0.2, 0.25) is 21.8 Å². The van der Waals surface area contributed by atoms with E-state index in [-0.39, 0.29) is 35.3 Å². The van der Waals surface area contributed by atoms with Gasteiger partial charge in [0, 0.05) is 24.5 Å². The number of carbonyl (C=O) groups is 2. The number of benzene rings is 3. The zero-order valence-corrected chi connectivity index (χ0v) is 24.2. The Morgan fingerprint density at radius 3 is 2.30 bits per heavy atom. The lowest BCUT2D eigenvalue weighted by Crippen LogP contribution is -2.53. The third-order valence-corrected chi connectivity index (χ3v) is 7.54. The summed E-state index contributed by atoms with van der Waals surface area (Å²) in [5.74, 6) is -1.26. The summed E-state index contributed by atoms with van der Waals surface area (Å²) in [5.41, 5.74) is 1.47. The molecule has 0 radical (unpaired) electrons. The number of anilines is 1. The molecule has 0 aliphatic rings. The van der Waals surface area contributed by atoms with E-state index < -0.39 is 34.3 Å². The number of ether oxygens (including phenoxy) is 1. The van der Waals surface area contributed by atoms with Gasteiger partial charge in [0.05, 0.1) is 19.1 Å². The fourth-order valence-electron chi connectivity index (χ4n) is 4.16. The molecule has 214 valence electrons. The fraction of sp³-hybridized carbons (Fsp3) is 0.310. The molecule has 0 spiro atoms. The maximum Gasteiger partial charge on any atom is 0.244 e. The van der Waals surface area contributed by atoms with Crippen molar-refractivity contribution in [1.29, 1.82) is 0 Å². The van der Waals surface area contributed by atoms with Gasteiger partial charge in [-0.05, 0) is 47.9 Å². The molecule has 0 aliphatic carbocycles. The molecule has 0 saturated carbocycles. The van der Waals surface area contributed by atoms with E-state index in [1.165, 1.54) is 48.4 Å². The van der Waals surface area contributed by atoms with Crippen molar-refractivity contribution in [2.45, 2.75) is 32.4 Å². The van der Waals surface area contributed by atoms with Gasteiger partial charge in [-0.2, -0.15) is 0 Å². The molecular formula is C29H33ClFN3O5S. The van der Waals surface area contributed by atoms with Crippen molar-refractivity contribution in [3.8, 4) is 5.75 Å². The molecule has 40 heavy (non-hydrogen) atoms. The number of amides is 2. The van der Waals surface area contributed by atoms with Crippen LogP contribution in [0, 0.1) is 5.82 Å². The number of rotatable bonds is 13. The molecule has 8 nitrogen and oxygen atoms in total. The van der Waals surface area contributed by atoms with E-state index in [4.69, 9.17) is 16.3 Å². The lowest BCUT2D eigenvalue weighted by molar-refractivity contribution is -0.140. The predicted molar refractivity (Wildman–Crippen MR) is 154 cm³/mol. The number of nitrogens with zero attached hydrogens (tertiary/aromatic N) is 2. The van der Waals surface area contributed by atoms with Crippen LogP contribution in [0.4, 0.5) is 10.1 Å². The Morgan fingerprint density at radius 1 is 1.02 bits per heavy atom. The third-order valence-electron chi connectivity index (χ3n) is 6.18. The van der Waals surface area contributed by atoms with Crippen LogP contribution in [0.15, 0.2) is 72.8 Å². The van der Waals surface area contributed by atoms with Gasteiger partial charge in [-0.15, -0.1) is 0 Å². The van der Waals surface area contributed by atoms with Gasteiger partial charge in [0.15, 0.2) is 0 Å². The zero-order chi connectivity index (χ0) is 29.3. The summed E-state index contributed by atoms with van der Waals surface area (Å²) in [7, 11) is -2.62. The number of nitrogens with one attached hydrogen (secondary N) is 1. The van der Waals surface area contributed by atoms with E-state index in [1.807, 2.05) is 37.3 Å². The van der Waals surface area contributed by atoms with Crippen LogP contribution < -0.4 is 14.4 Å². The number of carbonyl (C=O) groups excluding carboxylic acids is 2. The topological polar surface area (TPSA) is 96.0 Å². The van der Waals surface area contributed by atoms with E-state index in [0.29, 0.717) is 18.5 Å². The molecule has 1 atom stereocenters. The van der Waals surface area contributed by atoms with Crippen molar-refractivity contribution in [2.75, 3.05) is 30.8 Å². The van der Waals surface area contributed by atoms with Crippen LogP contribution in [0.25, 0.3) is 0 Å². The summed E-state index contributed by atoms with van der Waals surface area (Å²) < 4.78 is 45.8. The average Bonchev–Trinajstić information content (AvgIpc) is 2.93. The molecule has 0 aliphatic heterocycles. The van der Waals surface area contributed by atoms with Crippen molar-refractivity contribution in [1.82, 2.24) is 10.2 Å². The Balaban J connectivity index is 2.08. The SMILES string of the molecule is CCCNC(=O)[C@H](Cc1ccccc1)N(Cc1ccc(F)cc1)C(=O)CN(c1cc(Cl)ccc1OC)S(C)(=O)=O. The van der Waals surface area contributed by atoms with E-state index in [0.717, 1.165) is 16.1 Å². The monoisotopic (exact) mass is 589 g/mol. The van der Waals surface area contributed by atoms with Crippen molar-refractivity contribution < 1.29 is 27.1 Å². The van der Waals surface area contributed by atoms with Crippen LogP contribution in [0.5, 0.6) is 5.75 Å². The molecule has 3 aromatic carbocycles. The lowest BCUT2D eigenvalue weighted by Gasteiger charge is -2.33. The lowest BCUT2D eigenvalue weighted by atomic mass is 10.0. The van der Waals surface area contributed by atoms with Gasteiger partial charge in [-0.25, -0.2) is 12.8 Å². The van der Waals surface area contributed by atoms with Crippen LogP contribution in [0.1, 0.15) is 24.5 Å². The van der Waals surface area contributed by atoms with Crippen LogP contribution in [-0.2, 0) is 32.6 Å². The molecule has 0 bridgehead atoms. The summed E-state index contributed by atoms with van der Waals surface area (Å²) in [6.07, 6.45) is 1.84. The van der Waals surface area contributed by atoms with E-state index in [1.54, 1.807) is 6.07 Å². The molecule has 0 unspecified atom stereocenters. The third kappa shape index (κ3) is 8.43. The summed E-state index contributed by atoms with van der Waals surface area (Å²) in [4.78, 5) is 28.8. The first-order valence-electron chi connectivity index (χ1n) is 12.7. The van der Waals surface area contributed by atoms with E-state index in [9.17, 15) is 22.4 Å². The average molecular weight is 590 g/mol. The minimum Gasteiger partial charge on any atom is -0.495 e. The van der Waals surface area contributed by atoms with Gasteiger partial charge in [0.25, 0.3) is 0 Å². The smallest absolute Gasteiger partial charge is 0.244 e. The second-order valence-corrected chi connectivity index (χ2v) is 11.6. The van der Waals surface area contributed by atoms with Gasteiger partial charge < -0.3 is 15.0 Å². The fourth-order valence-corrected chi connectivity index (χ4v) is 5.17. The Morgan fingerprint density at radius 2 is 1.70 bits per heavy atom. The van der Waals surface area contributed by atoms with Gasteiger partial charge >= 0.3 is 0 Å². The molecule has 3 rings (SSSR count). The van der Waals surface area contributed by atoms with Gasteiger partial charge in [-0.3, -0.25) is 13.9 Å². The van der Waals surface area contributed by atoms with Gasteiger partial charge in [-0.1, -0.05) is 61.0 Å². The Labute approximate surface area is 239 Å². The summed E-state index contributed by atoms with van der Waals surface area (Å²) >= 11 is 6.16. The Bertz CT molecular complexity index is 1400. The molecule has 11 heteroatoms. The maximum atomic E-state index is 14.0. The number of hydrogen-bond donors (Lipinski definition) is 1. The highest BCUT2D eigenvalue weighted by atomic mass is 35.5. The van der Waals surface area contributed by atoms with Crippen LogP contribution >= 0.6 is 11.6 Å². The first-order valence-corrected chi connectivity index (χ1v) is 14.9. The molecule has 0 heterocycles. The Kier molecular flexibility index (Phi) is 10.9. The maximum absolute atomic E-state index is 14.0. The molecule has 1 N–H and O–H groups in total. The second-order valence-electron chi connectivity index (χ2n) is 9.23. The minimum absolute atomic E-state index is 0.0551. The van der Waals surface area contributed by atoms with Crippen LogP contribution in [0.3, 0.4) is 0 Å². The highest BCUT2D eigenvalue weighted by Gasteiger charge is 2.33. The first-order chi connectivity index (χ1) is 19.0. The number of hydrogen-bond acceptors (Lipinski definition) is 5. The Hall–Kier alpha value is -3.63. The van der Waals surface area contributed by atoms with Crippen molar-refractivity contribution in [2.24, 2.45) is 0 Å². The molecule has 2 amide bonds. The second kappa shape index (κ2) is 14.1. The summed E-state index contributed by atoms with van der Waals surface area (Å²) in [6.45, 7) is 1.64. The van der Waals surface area contributed by atoms with E-state index in [2.05, 4.69) is 5.32 Å². The van der Waals surface area contributed by atoms with Crippen molar-refractivity contribution >= 4 is 39.1 Å². The zero-order valence-electron chi connectivity index (χ0n) is 22.6. The number of methoxy groups -OCH3 is 1. The molecular weight excluding hydrogens is 557 g/mol. The number of sulfonamides is 1. The van der Waals surface area contributed by atoms with Crippen molar-refractivity contribution in [3.05, 3.63) is 94.8 Å². The van der Waals surface area contributed by atoms with E-state index >= 15 is 0 Å². The first kappa shape index (κ1) is 30.9. The molecule has 3 aromatic rings. The normalized spacial score (nSPS) is 11.9. The summed E-state index contributed by atoms with van der Waals surface area (Å²) in [6, 6.07) is 18.2.